The first-order chi connectivity index (χ1) is 7.33. The van der Waals surface area contributed by atoms with Gasteiger partial charge < -0.3 is 4.74 Å². The van der Waals surface area contributed by atoms with Gasteiger partial charge in [0.05, 0.1) is 7.11 Å². The molecule has 0 N–H and O–H groups in total. The maximum absolute atomic E-state index is 5.15. The summed E-state index contributed by atoms with van der Waals surface area (Å²) in [5.74, 6) is 0.943. The average Bonchev–Trinajstić information content (AvgIpc) is 3.10. The highest BCUT2D eigenvalue weighted by molar-refractivity contribution is 5.27. The van der Waals surface area contributed by atoms with Crippen LogP contribution in [-0.2, 0) is 6.42 Å². The second kappa shape index (κ2) is 4.67. The quantitative estimate of drug-likeness (QED) is 0.684. The smallest absolute Gasteiger partial charge is 0.118 e. The molecule has 15 heavy (non-hydrogen) atoms. The summed E-state index contributed by atoms with van der Waals surface area (Å²) in [6, 6.07) is 9.17. The second-order valence-electron chi connectivity index (χ2n) is 4.15. The third-order valence-electron chi connectivity index (χ3n) is 3.10. The minimum absolute atomic E-state index is 0.735. The number of hydrogen-bond acceptors (Lipinski definition) is 2. The molecule has 2 heteroatoms. The van der Waals surface area contributed by atoms with Crippen molar-refractivity contribution >= 4 is 0 Å². The number of hydrogen-bond donors (Lipinski definition) is 0. The van der Waals surface area contributed by atoms with Gasteiger partial charge in [0.1, 0.15) is 5.75 Å². The summed E-state index contributed by atoms with van der Waals surface area (Å²) in [6.45, 7) is 4.84. The fourth-order valence-corrected chi connectivity index (χ4v) is 1.99. The zero-order valence-electron chi connectivity index (χ0n) is 9.57. The molecule has 1 atom stereocenters. The molecule has 1 fully saturated rings. The van der Waals surface area contributed by atoms with E-state index in [-0.39, 0.29) is 0 Å². The van der Waals surface area contributed by atoms with Gasteiger partial charge in [0.25, 0.3) is 0 Å². The van der Waals surface area contributed by atoms with Crippen molar-refractivity contribution in [3.8, 4) is 5.75 Å². The number of methoxy groups -OCH3 is 1. The lowest BCUT2D eigenvalue weighted by molar-refractivity contribution is 0.384. The Morgan fingerprint density at radius 3 is 2.40 bits per heavy atom. The van der Waals surface area contributed by atoms with Crippen LogP contribution in [0.25, 0.3) is 0 Å². The molecule has 0 radical (unpaired) electrons. The molecule has 1 aliphatic heterocycles. The molecule has 2 rings (SSSR count). The zero-order chi connectivity index (χ0) is 10.7. The van der Waals surface area contributed by atoms with Crippen molar-refractivity contribution in [1.29, 1.82) is 0 Å². The number of benzene rings is 1. The predicted molar refractivity (Wildman–Crippen MR) is 62.4 cm³/mol. The van der Waals surface area contributed by atoms with Crippen LogP contribution >= 0.6 is 0 Å². The average molecular weight is 205 g/mol. The van der Waals surface area contributed by atoms with Gasteiger partial charge >= 0.3 is 0 Å². The van der Waals surface area contributed by atoms with Crippen molar-refractivity contribution in [3.05, 3.63) is 29.8 Å². The highest BCUT2D eigenvalue weighted by Crippen LogP contribution is 2.19. The summed E-state index contributed by atoms with van der Waals surface area (Å²) in [7, 11) is 1.71. The number of rotatable bonds is 5. The van der Waals surface area contributed by atoms with Crippen molar-refractivity contribution in [2.75, 3.05) is 20.2 Å². The Morgan fingerprint density at radius 2 is 1.93 bits per heavy atom. The van der Waals surface area contributed by atoms with E-state index in [4.69, 9.17) is 4.74 Å². The van der Waals surface area contributed by atoms with Crippen molar-refractivity contribution in [2.45, 2.75) is 25.8 Å². The molecule has 1 aromatic carbocycles. The van der Waals surface area contributed by atoms with Crippen LogP contribution < -0.4 is 4.74 Å². The fraction of sp³-hybridized carbons (Fsp3) is 0.538. The van der Waals surface area contributed by atoms with Gasteiger partial charge in [0, 0.05) is 19.1 Å². The summed E-state index contributed by atoms with van der Waals surface area (Å²) in [5, 5.41) is 0. The lowest BCUT2D eigenvalue weighted by Gasteiger charge is -2.15. The maximum Gasteiger partial charge on any atom is 0.118 e. The summed E-state index contributed by atoms with van der Waals surface area (Å²) < 4.78 is 5.15. The molecule has 0 spiro atoms. The summed E-state index contributed by atoms with van der Waals surface area (Å²) in [4.78, 5) is 2.53. The Hall–Kier alpha value is -1.02. The van der Waals surface area contributed by atoms with E-state index in [9.17, 15) is 0 Å². The van der Waals surface area contributed by atoms with Crippen LogP contribution in [0.2, 0.25) is 0 Å². The van der Waals surface area contributed by atoms with Crippen LogP contribution in [0.1, 0.15) is 18.9 Å². The molecule has 0 aromatic heterocycles. The van der Waals surface area contributed by atoms with E-state index in [0.717, 1.165) is 11.8 Å². The zero-order valence-corrected chi connectivity index (χ0v) is 9.57. The topological polar surface area (TPSA) is 12.2 Å². The van der Waals surface area contributed by atoms with Gasteiger partial charge in [-0.25, -0.2) is 0 Å². The van der Waals surface area contributed by atoms with Gasteiger partial charge in [0.15, 0.2) is 0 Å². The van der Waals surface area contributed by atoms with Gasteiger partial charge in [-0.3, -0.25) is 4.90 Å². The SMILES string of the molecule is CC[C@H](Cc1ccc(OC)cc1)N1CC1. The molecule has 1 saturated heterocycles. The van der Waals surface area contributed by atoms with E-state index < -0.39 is 0 Å². The Labute approximate surface area is 91.9 Å². The minimum atomic E-state index is 0.735. The first-order valence-electron chi connectivity index (χ1n) is 5.70. The van der Waals surface area contributed by atoms with E-state index in [1.807, 2.05) is 12.1 Å². The van der Waals surface area contributed by atoms with Gasteiger partial charge in [-0.1, -0.05) is 19.1 Å². The van der Waals surface area contributed by atoms with Crippen LogP contribution in [0.15, 0.2) is 24.3 Å². The van der Waals surface area contributed by atoms with Gasteiger partial charge in [0.2, 0.25) is 0 Å². The molecule has 1 heterocycles. The molecule has 0 aliphatic carbocycles. The van der Waals surface area contributed by atoms with Crippen molar-refractivity contribution in [1.82, 2.24) is 4.90 Å². The summed E-state index contributed by atoms with van der Waals surface area (Å²) in [6.07, 6.45) is 2.41. The molecular weight excluding hydrogens is 186 g/mol. The van der Waals surface area contributed by atoms with Crippen LogP contribution in [0, 0.1) is 0 Å². The Bertz CT molecular complexity index is 303. The van der Waals surface area contributed by atoms with E-state index in [1.54, 1.807) is 7.11 Å². The Balaban J connectivity index is 1.96. The second-order valence-corrected chi connectivity index (χ2v) is 4.15. The normalized spacial score (nSPS) is 17.5. The predicted octanol–water partition coefficient (Wildman–Crippen LogP) is 2.33. The lowest BCUT2D eigenvalue weighted by atomic mass is 10.0. The molecule has 0 amide bonds. The third kappa shape index (κ3) is 2.72. The summed E-state index contributed by atoms with van der Waals surface area (Å²) >= 11 is 0. The molecule has 1 aliphatic rings. The highest BCUT2D eigenvalue weighted by atomic mass is 16.5. The van der Waals surface area contributed by atoms with E-state index >= 15 is 0 Å². The molecule has 0 bridgehead atoms. The highest BCUT2D eigenvalue weighted by Gasteiger charge is 2.25. The Morgan fingerprint density at radius 1 is 1.27 bits per heavy atom. The van der Waals surface area contributed by atoms with E-state index in [1.165, 1.54) is 31.5 Å². The van der Waals surface area contributed by atoms with Crippen LogP contribution in [0.3, 0.4) is 0 Å². The third-order valence-corrected chi connectivity index (χ3v) is 3.10. The van der Waals surface area contributed by atoms with Crippen molar-refractivity contribution in [2.24, 2.45) is 0 Å². The lowest BCUT2D eigenvalue weighted by Crippen LogP contribution is -2.20. The van der Waals surface area contributed by atoms with Gasteiger partial charge in [-0.15, -0.1) is 0 Å². The maximum atomic E-state index is 5.15. The number of ether oxygens (including phenoxy) is 1. The molecule has 0 unspecified atom stereocenters. The Kier molecular flexibility index (Phi) is 3.27. The first-order valence-corrected chi connectivity index (χ1v) is 5.70. The monoisotopic (exact) mass is 205 g/mol. The molecule has 1 aromatic rings. The molecule has 82 valence electrons. The first kappa shape index (κ1) is 10.5. The van der Waals surface area contributed by atoms with Gasteiger partial charge in [-0.2, -0.15) is 0 Å². The van der Waals surface area contributed by atoms with Gasteiger partial charge in [-0.05, 0) is 30.5 Å². The van der Waals surface area contributed by atoms with E-state index in [0.29, 0.717) is 0 Å². The van der Waals surface area contributed by atoms with Crippen LogP contribution in [-0.4, -0.2) is 31.1 Å². The van der Waals surface area contributed by atoms with Crippen LogP contribution in [0.4, 0.5) is 0 Å². The molecule has 2 nitrogen and oxygen atoms in total. The standard InChI is InChI=1S/C13H19NO/c1-3-12(14-8-9-14)10-11-4-6-13(15-2)7-5-11/h4-7,12H,3,8-10H2,1-2H3/t12-/m1/s1. The van der Waals surface area contributed by atoms with Crippen molar-refractivity contribution < 1.29 is 4.74 Å². The fourth-order valence-electron chi connectivity index (χ4n) is 1.99. The minimum Gasteiger partial charge on any atom is -0.497 e. The summed E-state index contributed by atoms with van der Waals surface area (Å²) in [5.41, 5.74) is 1.41. The molecular formula is C13H19NO. The largest absolute Gasteiger partial charge is 0.497 e. The molecule has 0 saturated carbocycles. The van der Waals surface area contributed by atoms with Crippen molar-refractivity contribution in [3.63, 3.8) is 0 Å². The van der Waals surface area contributed by atoms with E-state index in [2.05, 4.69) is 24.0 Å². The number of nitrogens with zero attached hydrogens (tertiary/aromatic N) is 1. The van der Waals surface area contributed by atoms with Crippen LogP contribution in [0.5, 0.6) is 5.75 Å².